The maximum Gasteiger partial charge on any atom is 0.123 e. The highest BCUT2D eigenvalue weighted by molar-refractivity contribution is 9.10. The van der Waals surface area contributed by atoms with E-state index in [0.29, 0.717) is 5.92 Å². The van der Waals surface area contributed by atoms with E-state index in [4.69, 9.17) is 0 Å². The largest absolute Gasteiger partial charge is 0.320 e. The third-order valence-corrected chi connectivity index (χ3v) is 3.24. The standard InChI is InChI=1S/C12H17BrFN/c1-9(5-6-15-2)7-10-8-11(14)3-4-12(10)13/h3-4,8-9,15H,5-7H2,1-2H3. The Morgan fingerprint density at radius 2 is 2.20 bits per heavy atom. The molecule has 0 bridgehead atoms. The zero-order chi connectivity index (χ0) is 11.3. The van der Waals surface area contributed by atoms with E-state index < -0.39 is 0 Å². The summed E-state index contributed by atoms with van der Waals surface area (Å²) in [5.41, 5.74) is 1.05. The molecule has 0 aromatic heterocycles. The van der Waals surface area contributed by atoms with Crippen LogP contribution in [0.3, 0.4) is 0 Å². The van der Waals surface area contributed by atoms with Gasteiger partial charge in [-0.2, -0.15) is 0 Å². The topological polar surface area (TPSA) is 12.0 Å². The van der Waals surface area contributed by atoms with E-state index in [1.807, 2.05) is 7.05 Å². The van der Waals surface area contributed by atoms with Crippen LogP contribution >= 0.6 is 15.9 Å². The molecule has 0 radical (unpaired) electrons. The molecule has 0 heterocycles. The molecular weight excluding hydrogens is 257 g/mol. The van der Waals surface area contributed by atoms with E-state index in [1.165, 1.54) is 6.07 Å². The summed E-state index contributed by atoms with van der Waals surface area (Å²) in [6.45, 7) is 3.20. The number of rotatable bonds is 5. The predicted octanol–water partition coefficient (Wildman–Crippen LogP) is 3.38. The molecule has 1 aromatic carbocycles. The maximum absolute atomic E-state index is 13.0. The first kappa shape index (κ1) is 12.7. The minimum Gasteiger partial charge on any atom is -0.320 e. The summed E-state index contributed by atoms with van der Waals surface area (Å²) in [7, 11) is 1.95. The summed E-state index contributed by atoms with van der Waals surface area (Å²) in [6.07, 6.45) is 2.03. The van der Waals surface area contributed by atoms with Crippen LogP contribution in [0, 0.1) is 11.7 Å². The maximum atomic E-state index is 13.0. The Balaban J connectivity index is 2.59. The molecule has 15 heavy (non-hydrogen) atoms. The summed E-state index contributed by atoms with van der Waals surface area (Å²) in [5, 5.41) is 3.12. The van der Waals surface area contributed by atoms with Crippen LogP contribution < -0.4 is 5.32 Å². The first-order valence-electron chi connectivity index (χ1n) is 5.22. The van der Waals surface area contributed by atoms with Gasteiger partial charge in [0.25, 0.3) is 0 Å². The zero-order valence-corrected chi connectivity index (χ0v) is 10.8. The molecule has 1 nitrogen and oxygen atoms in total. The Kier molecular flexibility index (Phi) is 5.26. The van der Waals surface area contributed by atoms with E-state index >= 15 is 0 Å². The van der Waals surface area contributed by atoms with Crippen molar-refractivity contribution >= 4 is 15.9 Å². The van der Waals surface area contributed by atoms with Crippen LogP contribution in [0.4, 0.5) is 4.39 Å². The molecule has 1 aromatic rings. The van der Waals surface area contributed by atoms with E-state index in [2.05, 4.69) is 28.2 Å². The molecule has 0 spiro atoms. The molecule has 84 valence electrons. The lowest BCUT2D eigenvalue weighted by molar-refractivity contribution is 0.512. The first-order chi connectivity index (χ1) is 7.13. The Bertz CT molecular complexity index is 314. The monoisotopic (exact) mass is 273 g/mol. The second kappa shape index (κ2) is 6.23. The molecule has 1 N–H and O–H groups in total. The number of benzene rings is 1. The second-order valence-electron chi connectivity index (χ2n) is 3.94. The summed E-state index contributed by atoms with van der Waals surface area (Å²) in [4.78, 5) is 0. The van der Waals surface area contributed by atoms with Crippen molar-refractivity contribution in [3.8, 4) is 0 Å². The van der Waals surface area contributed by atoms with Crippen LogP contribution in [0.2, 0.25) is 0 Å². The van der Waals surface area contributed by atoms with Crippen LogP contribution in [0.1, 0.15) is 18.9 Å². The predicted molar refractivity (Wildman–Crippen MR) is 65.5 cm³/mol. The van der Waals surface area contributed by atoms with Crippen LogP contribution in [-0.4, -0.2) is 13.6 Å². The number of hydrogen-bond acceptors (Lipinski definition) is 1. The molecule has 0 aliphatic heterocycles. The van der Waals surface area contributed by atoms with E-state index in [0.717, 1.165) is 29.4 Å². The minimum atomic E-state index is -0.158. The summed E-state index contributed by atoms with van der Waals surface area (Å²) >= 11 is 3.44. The van der Waals surface area contributed by atoms with Gasteiger partial charge in [-0.3, -0.25) is 0 Å². The molecule has 1 unspecified atom stereocenters. The van der Waals surface area contributed by atoms with Gasteiger partial charge in [0.05, 0.1) is 0 Å². The van der Waals surface area contributed by atoms with Crippen LogP contribution in [0.25, 0.3) is 0 Å². The van der Waals surface area contributed by atoms with Gasteiger partial charge >= 0.3 is 0 Å². The van der Waals surface area contributed by atoms with Gasteiger partial charge in [-0.1, -0.05) is 22.9 Å². The second-order valence-corrected chi connectivity index (χ2v) is 4.79. The SMILES string of the molecule is CNCCC(C)Cc1cc(F)ccc1Br. The molecule has 1 atom stereocenters. The molecule has 0 aliphatic carbocycles. The van der Waals surface area contributed by atoms with Gasteiger partial charge in [0.1, 0.15) is 5.82 Å². The van der Waals surface area contributed by atoms with Gasteiger partial charge in [-0.25, -0.2) is 4.39 Å². The Morgan fingerprint density at radius 1 is 1.47 bits per heavy atom. The van der Waals surface area contributed by atoms with Crippen molar-refractivity contribution in [1.29, 1.82) is 0 Å². The fourth-order valence-electron chi connectivity index (χ4n) is 1.57. The van der Waals surface area contributed by atoms with Gasteiger partial charge in [0, 0.05) is 4.47 Å². The Labute approximate surface area is 99.2 Å². The van der Waals surface area contributed by atoms with Gasteiger partial charge in [0.2, 0.25) is 0 Å². The third kappa shape index (κ3) is 4.31. The van der Waals surface area contributed by atoms with Crippen LogP contribution in [0.15, 0.2) is 22.7 Å². The summed E-state index contributed by atoms with van der Waals surface area (Å²) in [5.74, 6) is 0.407. The van der Waals surface area contributed by atoms with Crippen molar-refractivity contribution in [2.45, 2.75) is 19.8 Å². The van der Waals surface area contributed by atoms with Crippen molar-refractivity contribution in [3.63, 3.8) is 0 Å². The summed E-state index contributed by atoms with van der Waals surface area (Å²) in [6, 6.07) is 4.86. The molecule has 0 amide bonds. The fourth-order valence-corrected chi connectivity index (χ4v) is 1.98. The van der Waals surface area contributed by atoms with E-state index in [1.54, 1.807) is 12.1 Å². The highest BCUT2D eigenvalue weighted by Gasteiger charge is 2.07. The summed E-state index contributed by atoms with van der Waals surface area (Å²) < 4.78 is 14.0. The van der Waals surface area contributed by atoms with E-state index in [9.17, 15) is 4.39 Å². The van der Waals surface area contributed by atoms with Crippen molar-refractivity contribution in [2.75, 3.05) is 13.6 Å². The molecule has 0 saturated carbocycles. The quantitative estimate of drug-likeness (QED) is 0.868. The average molecular weight is 274 g/mol. The third-order valence-electron chi connectivity index (χ3n) is 2.46. The lowest BCUT2D eigenvalue weighted by atomic mass is 9.98. The first-order valence-corrected chi connectivity index (χ1v) is 6.01. The minimum absolute atomic E-state index is 0.158. The molecule has 0 saturated heterocycles. The average Bonchev–Trinajstić information content (AvgIpc) is 2.20. The van der Waals surface area contributed by atoms with E-state index in [-0.39, 0.29) is 5.82 Å². The molecule has 0 fully saturated rings. The lowest BCUT2D eigenvalue weighted by Gasteiger charge is -2.12. The number of nitrogens with one attached hydrogen (secondary N) is 1. The number of hydrogen-bond donors (Lipinski definition) is 1. The Hall–Kier alpha value is -0.410. The molecule has 1 rings (SSSR count). The van der Waals surface area contributed by atoms with Crippen molar-refractivity contribution in [3.05, 3.63) is 34.1 Å². The highest BCUT2D eigenvalue weighted by Crippen LogP contribution is 2.21. The number of halogens is 2. The van der Waals surface area contributed by atoms with Crippen LogP contribution in [-0.2, 0) is 6.42 Å². The van der Waals surface area contributed by atoms with Gasteiger partial charge < -0.3 is 5.32 Å². The molecule has 3 heteroatoms. The highest BCUT2D eigenvalue weighted by atomic mass is 79.9. The van der Waals surface area contributed by atoms with Gasteiger partial charge in [0.15, 0.2) is 0 Å². The van der Waals surface area contributed by atoms with Gasteiger partial charge in [-0.15, -0.1) is 0 Å². The molecule has 0 aliphatic rings. The Morgan fingerprint density at radius 3 is 2.87 bits per heavy atom. The smallest absolute Gasteiger partial charge is 0.123 e. The molecular formula is C12H17BrFN. The van der Waals surface area contributed by atoms with Crippen molar-refractivity contribution in [1.82, 2.24) is 5.32 Å². The van der Waals surface area contributed by atoms with Crippen LogP contribution in [0.5, 0.6) is 0 Å². The van der Waals surface area contributed by atoms with Crippen molar-refractivity contribution in [2.24, 2.45) is 5.92 Å². The lowest BCUT2D eigenvalue weighted by Crippen LogP contribution is -2.13. The van der Waals surface area contributed by atoms with Gasteiger partial charge in [-0.05, 0) is 56.1 Å². The van der Waals surface area contributed by atoms with Crippen molar-refractivity contribution < 1.29 is 4.39 Å². The normalized spacial score (nSPS) is 12.8. The zero-order valence-electron chi connectivity index (χ0n) is 9.19. The fraction of sp³-hybridized carbons (Fsp3) is 0.500.